The molecular weight excluding hydrogens is 385 g/mol. The van der Waals surface area contributed by atoms with Gasteiger partial charge in [-0.1, -0.05) is 11.6 Å². The second-order valence-corrected chi connectivity index (χ2v) is 7.74. The topological polar surface area (TPSA) is 76.2 Å². The lowest BCUT2D eigenvalue weighted by Gasteiger charge is -2.31. The maximum atomic E-state index is 13.4. The fraction of sp³-hybridized carbons (Fsp3) is 0.474. The van der Waals surface area contributed by atoms with Crippen LogP contribution in [0.2, 0.25) is 5.02 Å². The molecule has 2 aromatic rings. The largest absolute Gasteiger partial charge is 0.338 e. The van der Waals surface area contributed by atoms with E-state index in [0.29, 0.717) is 17.5 Å². The number of aromatic nitrogens is 2. The Kier molecular flexibility index (Phi) is 5.99. The number of hydrogen-bond donors (Lipinski definition) is 2. The number of nitrogens with zero attached hydrogens (tertiary/aromatic N) is 3. The third kappa shape index (κ3) is 3.79. The number of carbonyl (C=O) groups is 1. The van der Waals surface area contributed by atoms with Gasteiger partial charge in [0.25, 0.3) is 0 Å². The van der Waals surface area contributed by atoms with Crippen LogP contribution in [0.3, 0.4) is 0 Å². The molecule has 2 heterocycles. The molecular formula is C19H25Cl2N5O. The molecule has 8 heteroatoms. The summed E-state index contributed by atoms with van der Waals surface area (Å²) < 4.78 is 1.79. The molecule has 1 fully saturated rings. The van der Waals surface area contributed by atoms with Crippen molar-refractivity contribution in [1.29, 1.82) is 0 Å². The van der Waals surface area contributed by atoms with Crippen LogP contribution in [-0.2, 0) is 18.4 Å². The number of halogens is 2. The Labute approximate surface area is 170 Å². The van der Waals surface area contributed by atoms with Crippen LogP contribution < -0.4 is 16.0 Å². The minimum absolute atomic E-state index is 0. The zero-order valence-corrected chi connectivity index (χ0v) is 16.9. The minimum Gasteiger partial charge on any atom is -0.338 e. The number of carbonyl (C=O) groups excluding carboxylic acids is 1. The van der Waals surface area contributed by atoms with Gasteiger partial charge in [0.1, 0.15) is 5.82 Å². The summed E-state index contributed by atoms with van der Waals surface area (Å²) >= 11 is 6.20. The number of amides is 1. The number of anilines is 3. The third-order valence-electron chi connectivity index (χ3n) is 5.64. The van der Waals surface area contributed by atoms with E-state index in [-0.39, 0.29) is 24.2 Å². The quantitative estimate of drug-likeness (QED) is 0.789. The predicted molar refractivity (Wildman–Crippen MR) is 111 cm³/mol. The molecule has 1 aliphatic heterocycles. The summed E-state index contributed by atoms with van der Waals surface area (Å²) in [6.07, 6.45) is 5.71. The van der Waals surface area contributed by atoms with E-state index >= 15 is 0 Å². The Hall–Kier alpha value is -1.76. The molecule has 2 aliphatic rings. The summed E-state index contributed by atoms with van der Waals surface area (Å²) in [4.78, 5) is 15.3. The van der Waals surface area contributed by atoms with Crippen LogP contribution in [0, 0.1) is 11.8 Å². The number of aryl methyl sites for hydroxylation is 1. The Morgan fingerprint density at radius 3 is 2.78 bits per heavy atom. The van der Waals surface area contributed by atoms with Crippen molar-refractivity contribution in [1.82, 2.24) is 9.78 Å². The van der Waals surface area contributed by atoms with Crippen molar-refractivity contribution in [2.24, 2.45) is 24.6 Å². The first-order chi connectivity index (χ1) is 12.6. The summed E-state index contributed by atoms with van der Waals surface area (Å²) in [5.74, 6) is 1.69. The van der Waals surface area contributed by atoms with E-state index in [0.717, 1.165) is 55.0 Å². The zero-order chi connectivity index (χ0) is 18.3. The molecule has 1 saturated carbocycles. The molecule has 1 aliphatic carbocycles. The van der Waals surface area contributed by atoms with Gasteiger partial charge in [0.05, 0.1) is 24.1 Å². The second-order valence-electron chi connectivity index (χ2n) is 7.31. The normalized spacial score (nSPS) is 21.4. The summed E-state index contributed by atoms with van der Waals surface area (Å²) in [6, 6.07) is 5.62. The van der Waals surface area contributed by atoms with Crippen molar-refractivity contribution >= 4 is 47.1 Å². The average molecular weight is 410 g/mol. The van der Waals surface area contributed by atoms with Gasteiger partial charge >= 0.3 is 0 Å². The standard InChI is InChI=1S/C19H24ClN5O.ClH/c1-24-18-14(10-22-24)11-25(17-7-6-15(20)8-16(17)23-18)19(26)13-4-2-12(9-21)3-5-13;/h6-8,10,12-13,23H,2-5,9,11,21H2,1H3;1H. The van der Waals surface area contributed by atoms with E-state index in [4.69, 9.17) is 17.3 Å². The fourth-order valence-electron chi connectivity index (χ4n) is 4.05. The van der Waals surface area contributed by atoms with Gasteiger partial charge in [0, 0.05) is 23.6 Å². The number of nitrogens with one attached hydrogen (secondary N) is 1. The maximum absolute atomic E-state index is 13.4. The maximum Gasteiger partial charge on any atom is 0.230 e. The SMILES string of the molecule is Cl.Cn1ncc2c1Nc1cc(Cl)ccc1N(C(=O)C1CCC(CN)CC1)C2. The van der Waals surface area contributed by atoms with E-state index in [1.54, 1.807) is 4.68 Å². The van der Waals surface area contributed by atoms with Crippen LogP contribution in [-0.4, -0.2) is 22.2 Å². The predicted octanol–water partition coefficient (Wildman–Crippen LogP) is 3.85. The van der Waals surface area contributed by atoms with Crippen molar-refractivity contribution in [3.8, 4) is 0 Å². The van der Waals surface area contributed by atoms with Crippen LogP contribution in [0.1, 0.15) is 31.2 Å². The first kappa shape index (κ1) is 20.0. The summed E-state index contributed by atoms with van der Waals surface area (Å²) in [6.45, 7) is 1.23. The van der Waals surface area contributed by atoms with Gasteiger partial charge in [0.15, 0.2) is 0 Å². The lowest BCUT2D eigenvalue weighted by molar-refractivity contribution is -0.123. The molecule has 0 atom stereocenters. The number of fused-ring (bicyclic) bond motifs is 2. The first-order valence-corrected chi connectivity index (χ1v) is 9.53. The van der Waals surface area contributed by atoms with Crippen molar-refractivity contribution in [2.45, 2.75) is 32.2 Å². The second kappa shape index (κ2) is 8.09. The molecule has 0 unspecified atom stereocenters. The molecule has 1 amide bonds. The third-order valence-corrected chi connectivity index (χ3v) is 5.88. The van der Waals surface area contributed by atoms with Crippen LogP contribution in [0.25, 0.3) is 0 Å². The summed E-state index contributed by atoms with van der Waals surface area (Å²) in [7, 11) is 1.89. The number of rotatable bonds is 2. The van der Waals surface area contributed by atoms with Crippen LogP contribution in [0.15, 0.2) is 24.4 Å². The molecule has 6 nitrogen and oxygen atoms in total. The Morgan fingerprint density at radius 2 is 2.07 bits per heavy atom. The molecule has 27 heavy (non-hydrogen) atoms. The van der Waals surface area contributed by atoms with Crippen LogP contribution >= 0.6 is 24.0 Å². The van der Waals surface area contributed by atoms with Gasteiger partial charge in [-0.3, -0.25) is 9.48 Å². The molecule has 3 N–H and O–H groups in total. The van der Waals surface area contributed by atoms with Crippen molar-refractivity contribution in [2.75, 3.05) is 16.8 Å². The average Bonchev–Trinajstić information content (AvgIpc) is 2.90. The minimum atomic E-state index is 0. The van der Waals surface area contributed by atoms with E-state index < -0.39 is 0 Å². The van der Waals surface area contributed by atoms with Gasteiger partial charge in [-0.25, -0.2) is 0 Å². The highest BCUT2D eigenvalue weighted by Crippen LogP contribution is 2.39. The lowest BCUT2D eigenvalue weighted by atomic mass is 9.81. The Balaban J connectivity index is 0.00000210. The lowest BCUT2D eigenvalue weighted by Crippen LogP contribution is -2.37. The molecule has 0 bridgehead atoms. The van der Waals surface area contributed by atoms with E-state index in [1.165, 1.54) is 0 Å². The van der Waals surface area contributed by atoms with Crippen LogP contribution in [0.5, 0.6) is 0 Å². The Morgan fingerprint density at radius 1 is 1.33 bits per heavy atom. The van der Waals surface area contributed by atoms with E-state index in [9.17, 15) is 4.79 Å². The monoisotopic (exact) mass is 409 g/mol. The molecule has 0 spiro atoms. The fourth-order valence-corrected chi connectivity index (χ4v) is 4.22. The highest BCUT2D eigenvalue weighted by molar-refractivity contribution is 6.31. The number of hydrogen-bond acceptors (Lipinski definition) is 4. The van der Waals surface area contributed by atoms with Crippen molar-refractivity contribution in [3.05, 3.63) is 35.0 Å². The summed E-state index contributed by atoms with van der Waals surface area (Å²) in [5.41, 5.74) is 8.51. The smallest absolute Gasteiger partial charge is 0.230 e. The molecule has 1 aromatic heterocycles. The summed E-state index contributed by atoms with van der Waals surface area (Å²) in [5, 5.41) is 8.37. The molecule has 146 valence electrons. The Bertz CT molecular complexity index is 830. The molecule has 0 radical (unpaired) electrons. The first-order valence-electron chi connectivity index (χ1n) is 9.15. The zero-order valence-electron chi connectivity index (χ0n) is 15.3. The van der Waals surface area contributed by atoms with Crippen molar-refractivity contribution < 1.29 is 4.79 Å². The van der Waals surface area contributed by atoms with Gasteiger partial charge in [-0.2, -0.15) is 5.10 Å². The number of benzene rings is 1. The van der Waals surface area contributed by atoms with Gasteiger partial charge in [0.2, 0.25) is 5.91 Å². The van der Waals surface area contributed by atoms with Gasteiger partial charge in [-0.15, -0.1) is 12.4 Å². The number of nitrogens with two attached hydrogens (primary N) is 1. The van der Waals surface area contributed by atoms with Crippen LogP contribution in [0.4, 0.5) is 17.2 Å². The molecule has 0 saturated heterocycles. The van der Waals surface area contributed by atoms with Crippen molar-refractivity contribution in [3.63, 3.8) is 0 Å². The van der Waals surface area contributed by atoms with E-state index in [1.807, 2.05) is 36.3 Å². The molecule has 4 rings (SSSR count). The van der Waals surface area contributed by atoms with Gasteiger partial charge in [-0.05, 0) is 56.3 Å². The molecule has 1 aromatic carbocycles. The van der Waals surface area contributed by atoms with Gasteiger partial charge < -0.3 is 16.0 Å². The highest BCUT2D eigenvalue weighted by atomic mass is 35.5. The highest BCUT2D eigenvalue weighted by Gasteiger charge is 2.33. The van der Waals surface area contributed by atoms with E-state index in [2.05, 4.69) is 10.4 Å².